The minimum atomic E-state index is -0.204. The van der Waals surface area contributed by atoms with Gasteiger partial charge in [0.1, 0.15) is 0 Å². The van der Waals surface area contributed by atoms with Gasteiger partial charge < -0.3 is 9.73 Å². The monoisotopic (exact) mass is 225 g/mol. The Morgan fingerprint density at radius 1 is 1.19 bits per heavy atom. The molecule has 88 valence electrons. The Labute approximate surface area is 93.4 Å². The third-order valence-corrected chi connectivity index (χ3v) is 1.79. The normalized spacial score (nSPS) is 9.88. The highest BCUT2D eigenvalue weighted by Crippen LogP contribution is 2.17. The zero-order valence-corrected chi connectivity index (χ0v) is 9.29. The summed E-state index contributed by atoms with van der Waals surface area (Å²) >= 11 is 0. The van der Waals surface area contributed by atoms with E-state index in [1.807, 2.05) is 0 Å². The Morgan fingerprint density at radius 3 is 2.25 bits per heavy atom. The third kappa shape index (κ3) is 3.74. The molecule has 0 fully saturated rings. The maximum atomic E-state index is 11.2. The number of hydrogen-bond acceptors (Lipinski definition) is 4. The molecule has 1 heterocycles. The molecule has 0 radical (unpaired) electrons. The molecule has 6 nitrogen and oxygen atoms in total. The van der Waals surface area contributed by atoms with Crippen molar-refractivity contribution in [1.82, 2.24) is 5.32 Å². The van der Waals surface area contributed by atoms with Gasteiger partial charge in [0.2, 0.25) is 23.6 Å². The fourth-order valence-corrected chi connectivity index (χ4v) is 1.04. The number of furan rings is 1. The van der Waals surface area contributed by atoms with Crippen molar-refractivity contribution in [2.45, 2.75) is 13.3 Å². The lowest BCUT2D eigenvalue weighted by Crippen LogP contribution is -2.24. The zero-order chi connectivity index (χ0) is 12.0. The first-order valence-electron chi connectivity index (χ1n) is 4.99. The minimum absolute atomic E-state index is 0.137. The predicted octanol–water partition coefficient (Wildman–Crippen LogP) is 0.786. The number of anilines is 2. The summed E-state index contributed by atoms with van der Waals surface area (Å²) in [5.74, 6) is 0.297. The standard InChI is InChI=1S/C10H15N3O3/c1-3-7(14)12-9-4-5-10(16-9)13-8(15)6-11-2/h4-5,11H,3,6H2,1-2H3,(H,12,14)(H,13,15). The highest BCUT2D eigenvalue weighted by atomic mass is 16.4. The van der Waals surface area contributed by atoms with E-state index in [1.54, 1.807) is 26.1 Å². The molecule has 0 atom stereocenters. The molecular formula is C10H15N3O3. The van der Waals surface area contributed by atoms with Gasteiger partial charge in [-0.25, -0.2) is 0 Å². The van der Waals surface area contributed by atoms with E-state index in [0.717, 1.165) is 0 Å². The number of rotatable bonds is 5. The van der Waals surface area contributed by atoms with Crippen LogP contribution in [0.15, 0.2) is 16.5 Å². The first kappa shape index (κ1) is 12.3. The summed E-state index contributed by atoms with van der Waals surface area (Å²) < 4.78 is 5.18. The summed E-state index contributed by atoms with van der Waals surface area (Å²) in [6, 6.07) is 3.17. The number of amides is 2. The number of carbonyl (C=O) groups excluding carboxylic acids is 2. The first-order chi connectivity index (χ1) is 7.65. The van der Waals surface area contributed by atoms with E-state index in [4.69, 9.17) is 4.42 Å². The van der Waals surface area contributed by atoms with Crippen LogP contribution in [0.1, 0.15) is 13.3 Å². The number of hydrogen-bond donors (Lipinski definition) is 3. The zero-order valence-electron chi connectivity index (χ0n) is 9.29. The molecule has 1 aromatic heterocycles. The van der Waals surface area contributed by atoms with Crippen LogP contribution >= 0.6 is 0 Å². The molecule has 0 aromatic carbocycles. The SMILES string of the molecule is CCC(=O)Nc1ccc(NC(=O)CNC)o1. The van der Waals surface area contributed by atoms with Crippen molar-refractivity contribution in [2.24, 2.45) is 0 Å². The van der Waals surface area contributed by atoms with Gasteiger partial charge >= 0.3 is 0 Å². The van der Waals surface area contributed by atoms with Crippen LogP contribution in [0.25, 0.3) is 0 Å². The van der Waals surface area contributed by atoms with Gasteiger partial charge in [0.15, 0.2) is 0 Å². The molecule has 0 unspecified atom stereocenters. The van der Waals surface area contributed by atoms with E-state index >= 15 is 0 Å². The Balaban J connectivity index is 2.51. The van der Waals surface area contributed by atoms with E-state index in [-0.39, 0.29) is 18.4 Å². The Bertz CT molecular complexity index is 373. The second kappa shape index (κ2) is 5.92. The van der Waals surface area contributed by atoms with Gasteiger partial charge in [-0.2, -0.15) is 0 Å². The van der Waals surface area contributed by atoms with Crippen LogP contribution in [-0.4, -0.2) is 25.4 Å². The lowest BCUT2D eigenvalue weighted by Gasteiger charge is -2.01. The van der Waals surface area contributed by atoms with Crippen LogP contribution in [0.3, 0.4) is 0 Å². The molecule has 0 spiro atoms. The van der Waals surface area contributed by atoms with E-state index in [9.17, 15) is 9.59 Å². The minimum Gasteiger partial charge on any atom is -0.425 e. The van der Waals surface area contributed by atoms with Crippen molar-refractivity contribution >= 4 is 23.6 Å². The smallest absolute Gasteiger partial charge is 0.240 e. The van der Waals surface area contributed by atoms with Crippen LogP contribution in [-0.2, 0) is 9.59 Å². The molecule has 1 aromatic rings. The molecule has 16 heavy (non-hydrogen) atoms. The first-order valence-corrected chi connectivity index (χ1v) is 4.99. The molecule has 0 saturated heterocycles. The molecule has 0 aliphatic carbocycles. The quantitative estimate of drug-likeness (QED) is 0.691. The molecule has 1 rings (SSSR count). The number of nitrogens with one attached hydrogen (secondary N) is 3. The second-order valence-electron chi connectivity index (χ2n) is 3.14. The van der Waals surface area contributed by atoms with Crippen molar-refractivity contribution < 1.29 is 14.0 Å². The lowest BCUT2D eigenvalue weighted by atomic mass is 10.4. The lowest BCUT2D eigenvalue weighted by molar-refractivity contribution is -0.116. The van der Waals surface area contributed by atoms with Crippen molar-refractivity contribution in [1.29, 1.82) is 0 Å². The molecule has 0 saturated carbocycles. The molecular weight excluding hydrogens is 210 g/mol. The van der Waals surface area contributed by atoms with Crippen molar-refractivity contribution in [3.05, 3.63) is 12.1 Å². The van der Waals surface area contributed by atoms with Crippen molar-refractivity contribution in [2.75, 3.05) is 24.2 Å². The second-order valence-corrected chi connectivity index (χ2v) is 3.14. The van der Waals surface area contributed by atoms with E-state index in [0.29, 0.717) is 18.2 Å². The Morgan fingerprint density at radius 2 is 1.75 bits per heavy atom. The predicted molar refractivity (Wildman–Crippen MR) is 60.2 cm³/mol. The number of carbonyl (C=O) groups is 2. The summed E-state index contributed by atoms with van der Waals surface area (Å²) in [6.45, 7) is 1.95. The average Bonchev–Trinajstić information content (AvgIpc) is 2.65. The molecule has 6 heteroatoms. The summed E-state index contributed by atoms with van der Waals surface area (Å²) in [7, 11) is 1.68. The maximum Gasteiger partial charge on any atom is 0.240 e. The highest BCUT2D eigenvalue weighted by molar-refractivity contribution is 5.92. The average molecular weight is 225 g/mol. The van der Waals surface area contributed by atoms with E-state index in [1.165, 1.54) is 0 Å². The van der Waals surface area contributed by atoms with Gasteiger partial charge in [0.05, 0.1) is 6.54 Å². The molecule has 0 bridgehead atoms. The number of likely N-dealkylation sites (N-methyl/N-ethyl adjacent to an activating group) is 1. The van der Waals surface area contributed by atoms with Crippen LogP contribution in [0.2, 0.25) is 0 Å². The summed E-state index contributed by atoms with van der Waals surface area (Å²) in [4.78, 5) is 22.2. The molecule has 3 N–H and O–H groups in total. The molecule has 2 amide bonds. The van der Waals surface area contributed by atoms with Crippen LogP contribution in [0, 0.1) is 0 Å². The Hall–Kier alpha value is -1.82. The van der Waals surface area contributed by atoms with E-state index in [2.05, 4.69) is 16.0 Å². The summed E-state index contributed by atoms with van der Waals surface area (Å²) in [5.41, 5.74) is 0. The van der Waals surface area contributed by atoms with E-state index < -0.39 is 0 Å². The Kier molecular flexibility index (Phi) is 4.53. The van der Waals surface area contributed by atoms with Crippen molar-refractivity contribution in [3.8, 4) is 0 Å². The fourth-order valence-electron chi connectivity index (χ4n) is 1.04. The molecule has 0 aliphatic heterocycles. The molecule has 0 aliphatic rings. The van der Waals surface area contributed by atoms with Gasteiger partial charge in [-0.3, -0.25) is 20.2 Å². The fraction of sp³-hybridized carbons (Fsp3) is 0.400. The van der Waals surface area contributed by atoms with Crippen molar-refractivity contribution in [3.63, 3.8) is 0 Å². The van der Waals surface area contributed by atoms with Gasteiger partial charge in [-0.1, -0.05) is 6.92 Å². The highest BCUT2D eigenvalue weighted by Gasteiger charge is 2.07. The van der Waals surface area contributed by atoms with Gasteiger partial charge in [-0.15, -0.1) is 0 Å². The maximum absolute atomic E-state index is 11.2. The van der Waals surface area contributed by atoms with Gasteiger partial charge in [-0.05, 0) is 7.05 Å². The third-order valence-electron chi connectivity index (χ3n) is 1.79. The van der Waals surface area contributed by atoms with Gasteiger partial charge in [0.25, 0.3) is 0 Å². The summed E-state index contributed by atoms with van der Waals surface area (Å²) in [5, 5.41) is 7.79. The summed E-state index contributed by atoms with van der Waals surface area (Å²) in [6.07, 6.45) is 0.377. The van der Waals surface area contributed by atoms with Crippen LogP contribution < -0.4 is 16.0 Å². The van der Waals surface area contributed by atoms with Gasteiger partial charge in [0, 0.05) is 18.6 Å². The topological polar surface area (TPSA) is 83.4 Å². The largest absolute Gasteiger partial charge is 0.425 e. The van der Waals surface area contributed by atoms with Crippen LogP contribution in [0.4, 0.5) is 11.8 Å². The van der Waals surface area contributed by atoms with Crippen LogP contribution in [0.5, 0.6) is 0 Å².